The Bertz CT molecular complexity index is 859. The van der Waals surface area contributed by atoms with E-state index < -0.39 is 21.8 Å². The summed E-state index contributed by atoms with van der Waals surface area (Å²) in [6.45, 7) is 0.530. The topological polar surface area (TPSA) is 63.7 Å². The number of sulfonamides is 1. The second-order valence-corrected chi connectivity index (χ2v) is 10.2. The first kappa shape index (κ1) is 18.5. The fourth-order valence-electron chi connectivity index (χ4n) is 2.60. The van der Waals surface area contributed by atoms with Gasteiger partial charge >= 0.3 is 5.97 Å². The average molecular weight is 448 g/mol. The molecule has 5 nitrogen and oxygen atoms in total. The second-order valence-electron chi connectivity index (χ2n) is 5.61. The lowest BCUT2D eigenvalue weighted by Gasteiger charge is -2.29. The standard InChI is InChI=1S/C16H15BrFNO4S2/c17-14-5-6-15(24-14)25(21,22)19-9-7-11(8-10-19)16(20)23-13-3-1-12(18)2-4-13/h1-6,11H,7-10H2. The molecule has 2 heterocycles. The number of hydrogen-bond acceptors (Lipinski definition) is 5. The molecule has 0 amide bonds. The molecule has 0 aliphatic carbocycles. The Labute approximate surface area is 157 Å². The first-order valence-electron chi connectivity index (χ1n) is 7.59. The smallest absolute Gasteiger partial charge is 0.314 e. The van der Waals surface area contributed by atoms with Crippen LogP contribution in [0.3, 0.4) is 0 Å². The van der Waals surface area contributed by atoms with Crippen molar-refractivity contribution in [2.45, 2.75) is 17.1 Å². The van der Waals surface area contributed by atoms with Crippen molar-refractivity contribution in [1.29, 1.82) is 0 Å². The highest BCUT2D eigenvalue weighted by atomic mass is 79.9. The summed E-state index contributed by atoms with van der Waals surface area (Å²) in [5.74, 6) is -0.905. The number of halogens is 2. The lowest BCUT2D eigenvalue weighted by atomic mass is 9.98. The Kier molecular flexibility index (Phi) is 5.57. The predicted molar refractivity (Wildman–Crippen MR) is 95.5 cm³/mol. The Morgan fingerprint density at radius 2 is 1.80 bits per heavy atom. The van der Waals surface area contributed by atoms with Gasteiger partial charge < -0.3 is 4.74 Å². The van der Waals surface area contributed by atoms with Crippen molar-refractivity contribution in [3.05, 3.63) is 46.0 Å². The molecule has 1 fully saturated rings. The normalized spacial score (nSPS) is 16.7. The van der Waals surface area contributed by atoms with Crippen molar-refractivity contribution in [3.8, 4) is 5.75 Å². The molecular formula is C16H15BrFNO4S2. The number of benzene rings is 1. The zero-order valence-electron chi connectivity index (χ0n) is 13.0. The third kappa shape index (κ3) is 4.28. The van der Waals surface area contributed by atoms with E-state index in [1.165, 1.54) is 28.6 Å². The monoisotopic (exact) mass is 447 g/mol. The molecule has 0 spiro atoms. The maximum atomic E-state index is 12.9. The van der Waals surface area contributed by atoms with Gasteiger partial charge in [0.1, 0.15) is 15.8 Å². The predicted octanol–water partition coefficient (Wildman–Crippen LogP) is 3.66. The Hall–Kier alpha value is -1.29. The molecule has 0 bridgehead atoms. The van der Waals surface area contributed by atoms with Crippen LogP contribution in [-0.2, 0) is 14.8 Å². The molecule has 0 radical (unpaired) electrons. The molecule has 1 saturated heterocycles. The molecule has 9 heteroatoms. The van der Waals surface area contributed by atoms with Gasteiger partial charge in [-0.2, -0.15) is 4.31 Å². The molecule has 0 saturated carbocycles. The van der Waals surface area contributed by atoms with E-state index in [1.807, 2.05) is 0 Å². The largest absolute Gasteiger partial charge is 0.426 e. The Morgan fingerprint density at radius 3 is 2.36 bits per heavy atom. The minimum absolute atomic E-state index is 0.265. The first-order valence-corrected chi connectivity index (χ1v) is 10.6. The van der Waals surface area contributed by atoms with Crippen LogP contribution in [0.15, 0.2) is 44.4 Å². The summed E-state index contributed by atoms with van der Waals surface area (Å²) in [7, 11) is -3.53. The number of nitrogens with zero attached hydrogens (tertiary/aromatic N) is 1. The van der Waals surface area contributed by atoms with E-state index in [0.717, 1.165) is 15.1 Å². The molecule has 1 aromatic carbocycles. The van der Waals surface area contributed by atoms with Crippen LogP contribution < -0.4 is 4.74 Å². The van der Waals surface area contributed by atoms with Crippen molar-refractivity contribution in [2.24, 2.45) is 5.92 Å². The van der Waals surface area contributed by atoms with Crippen molar-refractivity contribution < 1.29 is 22.3 Å². The molecule has 1 aliphatic rings. The van der Waals surface area contributed by atoms with Crippen LogP contribution in [0.4, 0.5) is 4.39 Å². The molecule has 1 aromatic heterocycles. The number of thiophene rings is 1. The molecule has 0 atom stereocenters. The Morgan fingerprint density at radius 1 is 1.16 bits per heavy atom. The van der Waals surface area contributed by atoms with Gasteiger partial charge in [0.15, 0.2) is 0 Å². The quantitative estimate of drug-likeness (QED) is 0.529. The average Bonchev–Trinajstić information content (AvgIpc) is 3.04. The number of carbonyl (C=O) groups excluding carboxylic acids is 1. The molecule has 1 aliphatic heterocycles. The summed E-state index contributed by atoms with van der Waals surface area (Å²) in [5, 5.41) is 0. The maximum absolute atomic E-state index is 12.9. The third-order valence-electron chi connectivity index (χ3n) is 3.96. The van der Waals surface area contributed by atoms with Gasteiger partial charge in [-0.15, -0.1) is 11.3 Å². The lowest BCUT2D eigenvalue weighted by Crippen LogP contribution is -2.40. The van der Waals surface area contributed by atoms with E-state index in [1.54, 1.807) is 12.1 Å². The molecule has 0 unspecified atom stereocenters. The summed E-state index contributed by atoms with van der Waals surface area (Å²) in [4.78, 5) is 12.2. The zero-order chi connectivity index (χ0) is 18.0. The number of rotatable bonds is 4. The zero-order valence-corrected chi connectivity index (χ0v) is 16.2. The fraction of sp³-hybridized carbons (Fsp3) is 0.312. The fourth-order valence-corrected chi connectivity index (χ4v) is 6.23. The molecule has 0 N–H and O–H groups in total. The molecular weight excluding hydrogens is 433 g/mol. The highest BCUT2D eigenvalue weighted by Gasteiger charge is 2.33. The van der Waals surface area contributed by atoms with Gasteiger partial charge in [0, 0.05) is 13.1 Å². The SMILES string of the molecule is O=C(Oc1ccc(F)cc1)C1CCN(S(=O)(=O)c2ccc(Br)s2)CC1. The summed E-state index contributed by atoms with van der Waals surface area (Å²) in [6.07, 6.45) is 0.789. The van der Waals surface area contributed by atoms with Gasteiger partial charge in [-0.05, 0) is 65.2 Å². The van der Waals surface area contributed by atoms with Gasteiger partial charge in [-0.3, -0.25) is 4.79 Å². The summed E-state index contributed by atoms with van der Waals surface area (Å²) < 4.78 is 45.7. The van der Waals surface area contributed by atoms with Gasteiger partial charge in [-0.1, -0.05) is 0 Å². The molecule has 3 rings (SSSR count). The minimum Gasteiger partial charge on any atom is -0.426 e. The number of carbonyl (C=O) groups is 1. The summed E-state index contributed by atoms with van der Waals surface area (Å²) in [6, 6.07) is 8.49. The Balaban J connectivity index is 1.59. The van der Waals surface area contributed by atoms with E-state index >= 15 is 0 Å². The van der Waals surface area contributed by atoms with E-state index in [9.17, 15) is 17.6 Å². The number of ether oxygens (including phenoxy) is 1. The molecule has 2 aromatic rings. The van der Waals surface area contributed by atoms with Crippen LogP contribution >= 0.6 is 27.3 Å². The second kappa shape index (κ2) is 7.53. The van der Waals surface area contributed by atoms with Crippen LogP contribution in [0.25, 0.3) is 0 Å². The molecule has 134 valence electrons. The van der Waals surface area contributed by atoms with Crippen LogP contribution in [0.5, 0.6) is 5.75 Å². The van der Waals surface area contributed by atoms with Crippen molar-refractivity contribution in [2.75, 3.05) is 13.1 Å². The highest BCUT2D eigenvalue weighted by molar-refractivity contribution is 9.11. The highest BCUT2D eigenvalue weighted by Crippen LogP contribution is 2.31. The first-order chi connectivity index (χ1) is 11.9. The van der Waals surface area contributed by atoms with Gasteiger partial charge in [0.05, 0.1) is 9.70 Å². The van der Waals surface area contributed by atoms with E-state index in [2.05, 4.69) is 15.9 Å². The van der Waals surface area contributed by atoms with Gasteiger partial charge in [0.25, 0.3) is 10.0 Å². The summed E-state index contributed by atoms with van der Waals surface area (Å²) >= 11 is 4.43. The number of hydrogen-bond donors (Lipinski definition) is 0. The van der Waals surface area contributed by atoms with Crippen LogP contribution in [0.2, 0.25) is 0 Å². The van der Waals surface area contributed by atoms with Crippen LogP contribution in [0, 0.1) is 11.7 Å². The van der Waals surface area contributed by atoms with Crippen LogP contribution in [0.1, 0.15) is 12.8 Å². The third-order valence-corrected chi connectivity index (χ3v) is 7.95. The van der Waals surface area contributed by atoms with E-state index in [-0.39, 0.29) is 29.0 Å². The molecule has 25 heavy (non-hydrogen) atoms. The van der Waals surface area contributed by atoms with Gasteiger partial charge in [0.2, 0.25) is 0 Å². The van der Waals surface area contributed by atoms with Crippen molar-refractivity contribution >= 4 is 43.3 Å². The van der Waals surface area contributed by atoms with E-state index in [4.69, 9.17) is 4.74 Å². The van der Waals surface area contributed by atoms with E-state index in [0.29, 0.717) is 12.8 Å². The van der Waals surface area contributed by atoms with Crippen molar-refractivity contribution in [1.82, 2.24) is 4.31 Å². The maximum Gasteiger partial charge on any atom is 0.314 e. The van der Waals surface area contributed by atoms with Crippen LogP contribution in [-0.4, -0.2) is 31.8 Å². The number of esters is 1. The number of piperidine rings is 1. The summed E-state index contributed by atoms with van der Waals surface area (Å²) in [5.41, 5.74) is 0. The minimum atomic E-state index is -3.53. The van der Waals surface area contributed by atoms with Crippen molar-refractivity contribution in [3.63, 3.8) is 0 Å². The van der Waals surface area contributed by atoms with Gasteiger partial charge in [-0.25, -0.2) is 12.8 Å². The lowest BCUT2D eigenvalue weighted by molar-refractivity contribution is -0.140.